The van der Waals surface area contributed by atoms with Gasteiger partial charge in [0.05, 0.1) is 5.69 Å². The van der Waals surface area contributed by atoms with Gasteiger partial charge in [-0.1, -0.05) is 24.3 Å². The summed E-state index contributed by atoms with van der Waals surface area (Å²) >= 11 is 0. The Morgan fingerprint density at radius 3 is 2.64 bits per heavy atom. The normalized spacial score (nSPS) is 20.5. The lowest BCUT2D eigenvalue weighted by Gasteiger charge is -2.22. The number of halogens is 3. The average Bonchev–Trinajstić information content (AvgIpc) is 3.16. The van der Waals surface area contributed by atoms with E-state index in [1.54, 1.807) is 12.1 Å². The molecule has 0 saturated carbocycles. The first-order valence-electron chi connectivity index (χ1n) is 8.49. The van der Waals surface area contributed by atoms with Crippen LogP contribution in [0.1, 0.15) is 17.5 Å². The third-order valence-corrected chi connectivity index (χ3v) is 5.03. The number of anilines is 1. The molecule has 2 N–H and O–H groups in total. The van der Waals surface area contributed by atoms with Crippen LogP contribution < -0.4 is 10.6 Å². The molecule has 1 fully saturated rings. The maximum Gasteiger partial charge on any atom is 0.325 e. The van der Waals surface area contributed by atoms with Crippen molar-refractivity contribution >= 4 is 23.5 Å². The van der Waals surface area contributed by atoms with E-state index in [1.165, 1.54) is 0 Å². The number of hydrogen-bond acceptors (Lipinski definition) is 3. The number of hydrogen-bond donors (Lipinski definition) is 2. The molecule has 1 saturated heterocycles. The molecular weight excluding hydrogens is 375 g/mol. The van der Waals surface area contributed by atoms with Gasteiger partial charge in [-0.05, 0) is 36.1 Å². The van der Waals surface area contributed by atoms with Crippen LogP contribution in [-0.2, 0) is 21.5 Å². The number of carbonyl (C=O) groups is 3. The van der Waals surface area contributed by atoms with Crippen molar-refractivity contribution in [1.82, 2.24) is 10.2 Å². The van der Waals surface area contributed by atoms with Crippen molar-refractivity contribution in [3.63, 3.8) is 0 Å². The smallest absolute Gasteiger partial charge is 0.322 e. The van der Waals surface area contributed by atoms with Gasteiger partial charge in [-0.3, -0.25) is 14.5 Å². The highest BCUT2D eigenvalue weighted by Crippen LogP contribution is 2.41. The fraction of sp³-hybridized carbons (Fsp3) is 0.211. The number of rotatable bonds is 3. The Bertz CT molecular complexity index is 1030. The van der Waals surface area contributed by atoms with Gasteiger partial charge >= 0.3 is 6.03 Å². The molecule has 0 radical (unpaired) electrons. The molecule has 4 amide bonds. The van der Waals surface area contributed by atoms with Crippen LogP contribution in [0.25, 0.3) is 0 Å². The van der Waals surface area contributed by atoms with Crippen molar-refractivity contribution in [2.75, 3.05) is 11.9 Å². The summed E-state index contributed by atoms with van der Waals surface area (Å²) in [5.41, 5.74) is -0.188. The van der Waals surface area contributed by atoms with Crippen LogP contribution in [0.3, 0.4) is 0 Å². The maximum absolute atomic E-state index is 13.7. The van der Waals surface area contributed by atoms with E-state index < -0.39 is 53.1 Å². The van der Waals surface area contributed by atoms with E-state index in [0.717, 1.165) is 16.5 Å². The van der Waals surface area contributed by atoms with E-state index in [-0.39, 0.29) is 0 Å². The third kappa shape index (κ3) is 2.62. The SMILES string of the molecule is O=C(CN1C(=O)N[C@]2(CCc3ccccc32)C1=O)Nc1ccc(F)c(F)c1F. The molecule has 4 rings (SSSR count). The predicted octanol–water partition coefficient (Wildman–Crippen LogP) is 2.44. The van der Waals surface area contributed by atoms with Crippen LogP contribution in [0.5, 0.6) is 0 Å². The predicted molar refractivity (Wildman–Crippen MR) is 91.6 cm³/mol. The van der Waals surface area contributed by atoms with E-state index in [2.05, 4.69) is 5.32 Å². The van der Waals surface area contributed by atoms with Gasteiger partial charge in [-0.2, -0.15) is 0 Å². The summed E-state index contributed by atoms with van der Waals surface area (Å²) in [7, 11) is 0. The van der Waals surface area contributed by atoms with Crippen molar-refractivity contribution < 1.29 is 27.6 Å². The molecular formula is C19H14F3N3O3. The second kappa shape index (κ2) is 6.36. The zero-order valence-electron chi connectivity index (χ0n) is 14.4. The average molecular weight is 389 g/mol. The van der Waals surface area contributed by atoms with Gasteiger partial charge in [0.25, 0.3) is 5.91 Å². The molecule has 2 aromatic rings. The first-order valence-corrected chi connectivity index (χ1v) is 8.49. The Morgan fingerprint density at radius 2 is 1.86 bits per heavy atom. The van der Waals surface area contributed by atoms with Crippen LogP contribution in [0.2, 0.25) is 0 Å². The number of benzene rings is 2. The lowest BCUT2D eigenvalue weighted by molar-refractivity contribution is -0.134. The van der Waals surface area contributed by atoms with Crippen LogP contribution in [0.15, 0.2) is 36.4 Å². The lowest BCUT2D eigenvalue weighted by atomic mass is 9.92. The minimum atomic E-state index is -1.73. The second-order valence-electron chi connectivity index (χ2n) is 6.66. The number of carbonyl (C=O) groups excluding carboxylic acids is 3. The van der Waals surface area contributed by atoms with Crippen LogP contribution in [-0.4, -0.2) is 29.3 Å². The molecule has 1 atom stereocenters. The summed E-state index contributed by atoms with van der Waals surface area (Å²) in [6.07, 6.45) is 0.967. The minimum Gasteiger partial charge on any atom is -0.322 e. The van der Waals surface area contributed by atoms with E-state index in [4.69, 9.17) is 0 Å². The van der Waals surface area contributed by atoms with Crippen LogP contribution >= 0.6 is 0 Å². The fourth-order valence-corrected chi connectivity index (χ4v) is 3.69. The van der Waals surface area contributed by atoms with E-state index in [9.17, 15) is 27.6 Å². The Kier molecular flexibility index (Phi) is 4.10. The Balaban J connectivity index is 1.53. The van der Waals surface area contributed by atoms with Gasteiger partial charge in [-0.15, -0.1) is 0 Å². The zero-order chi connectivity index (χ0) is 20.1. The number of nitrogens with zero attached hydrogens (tertiary/aromatic N) is 1. The van der Waals surface area contributed by atoms with Crippen molar-refractivity contribution in [3.05, 3.63) is 65.0 Å². The number of nitrogens with one attached hydrogen (secondary N) is 2. The molecule has 0 aromatic heterocycles. The summed E-state index contributed by atoms with van der Waals surface area (Å²) in [4.78, 5) is 38.2. The molecule has 1 aliphatic heterocycles. The molecule has 2 aliphatic rings. The lowest BCUT2D eigenvalue weighted by Crippen LogP contribution is -2.43. The van der Waals surface area contributed by atoms with Crippen LogP contribution in [0, 0.1) is 17.5 Å². The van der Waals surface area contributed by atoms with Crippen LogP contribution in [0.4, 0.5) is 23.7 Å². The molecule has 1 aliphatic carbocycles. The van der Waals surface area contributed by atoms with Gasteiger partial charge in [0.15, 0.2) is 17.5 Å². The molecule has 144 valence electrons. The highest BCUT2D eigenvalue weighted by atomic mass is 19.2. The number of urea groups is 1. The fourth-order valence-electron chi connectivity index (χ4n) is 3.69. The van der Waals surface area contributed by atoms with Crippen molar-refractivity contribution in [2.24, 2.45) is 0 Å². The summed E-state index contributed by atoms with van der Waals surface area (Å²) in [6.45, 7) is -0.687. The highest BCUT2D eigenvalue weighted by molar-refractivity contribution is 6.10. The summed E-state index contributed by atoms with van der Waals surface area (Å²) in [6, 6.07) is 7.97. The molecule has 0 unspecified atom stereocenters. The molecule has 28 heavy (non-hydrogen) atoms. The van der Waals surface area contributed by atoms with Gasteiger partial charge < -0.3 is 10.6 Å². The molecule has 9 heteroatoms. The van der Waals surface area contributed by atoms with Gasteiger partial charge in [0, 0.05) is 0 Å². The summed E-state index contributed by atoms with van der Waals surface area (Å²) in [5.74, 6) is -6.19. The first kappa shape index (κ1) is 18.0. The largest absolute Gasteiger partial charge is 0.325 e. The quantitative estimate of drug-likeness (QED) is 0.625. The van der Waals surface area contributed by atoms with Crippen molar-refractivity contribution in [3.8, 4) is 0 Å². The van der Waals surface area contributed by atoms with Gasteiger partial charge in [-0.25, -0.2) is 18.0 Å². The monoisotopic (exact) mass is 389 g/mol. The van der Waals surface area contributed by atoms with Crippen molar-refractivity contribution in [1.29, 1.82) is 0 Å². The molecule has 0 bridgehead atoms. The van der Waals surface area contributed by atoms with E-state index >= 15 is 0 Å². The minimum absolute atomic E-state index is 0.368. The topological polar surface area (TPSA) is 78.5 Å². The molecule has 2 aromatic carbocycles. The van der Waals surface area contributed by atoms with E-state index in [1.807, 2.05) is 17.4 Å². The van der Waals surface area contributed by atoms with E-state index in [0.29, 0.717) is 24.5 Å². The maximum atomic E-state index is 13.7. The van der Waals surface area contributed by atoms with Gasteiger partial charge in [0.2, 0.25) is 5.91 Å². The molecule has 6 nitrogen and oxygen atoms in total. The first-order chi connectivity index (χ1) is 13.3. The Hall–Kier alpha value is -3.36. The van der Waals surface area contributed by atoms with Gasteiger partial charge in [0.1, 0.15) is 12.1 Å². The molecule has 1 heterocycles. The number of amides is 4. The zero-order valence-corrected chi connectivity index (χ0v) is 14.4. The third-order valence-electron chi connectivity index (χ3n) is 5.03. The Labute approximate surface area is 157 Å². The number of fused-ring (bicyclic) bond motifs is 2. The summed E-state index contributed by atoms with van der Waals surface area (Å²) in [5, 5.41) is 4.71. The number of imide groups is 1. The molecule has 1 spiro atoms. The second-order valence-corrected chi connectivity index (χ2v) is 6.66. The standard InChI is InChI=1S/C19H14F3N3O3/c20-12-5-6-13(16(22)15(12)21)23-14(26)9-25-17(27)19(24-18(25)28)8-7-10-3-1-2-4-11(10)19/h1-6H,7-9H2,(H,23,26)(H,24,28)/t19-/m0/s1. The van der Waals surface area contributed by atoms with Crippen molar-refractivity contribution in [2.45, 2.75) is 18.4 Å². The number of aryl methyl sites for hydroxylation is 1. The summed E-state index contributed by atoms with van der Waals surface area (Å²) < 4.78 is 40.0. The Morgan fingerprint density at radius 1 is 1.11 bits per heavy atom. The highest BCUT2D eigenvalue weighted by Gasteiger charge is 2.55.